The fourth-order valence-corrected chi connectivity index (χ4v) is 3.05. The normalized spacial score (nSPS) is 20.9. The highest BCUT2D eigenvalue weighted by atomic mass is 35.5. The van der Waals surface area contributed by atoms with Crippen LogP contribution < -0.4 is 0 Å². The van der Waals surface area contributed by atoms with Gasteiger partial charge in [0, 0.05) is 23.9 Å². The van der Waals surface area contributed by atoms with Gasteiger partial charge in [0.2, 0.25) is 5.91 Å². The van der Waals surface area contributed by atoms with E-state index in [-0.39, 0.29) is 11.8 Å². The molecule has 2 nitrogen and oxygen atoms in total. The molecule has 1 atom stereocenters. The van der Waals surface area contributed by atoms with Gasteiger partial charge in [0.15, 0.2) is 0 Å². The highest BCUT2D eigenvalue weighted by molar-refractivity contribution is 7.09. The van der Waals surface area contributed by atoms with Crippen LogP contribution in [0.5, 0.6) is 0 Å². The molecule has 1 aromatic heterocycles. The number of carbonyl (C=O) groups excluding carboxylic acids is 1. The third-order valence-corrected chi connectivity index (χ3v) is 3.96. The molecule has 1 aromatic rings. The molecule has 0 aliphatic carbocycles. The number of likely N-dealkylation sites (tertiary alicyclic amines) is 1. The molecule has 0 radical (unpaired) electrons. The number of carbonyl (C=O) groups is 1. The zero-order chi connectivity index (χ0) is 10.7. The van der Waals surface area contributed by atoms with Gasteiger partial charge in [0.25, 0.3) is 0 Å². The minimum atomic E-state index is 0.0794. The maximum atomic E-state index is 11.6. The molecule has 4 heteroatoms. The Balaban J connectivity index is 1.99. The molecule has 1 aliphatic heterocycles. The molecule has 0 N–H and O–H groups in total. The van der Waals surface area contributed by atoms with Crippen molar-refractivity contribution in [2.45, 2.75) is 25.3 Å². The predicted molar refractivity (Wildman–Crippen MR) is 63.5 cm³/mol. The second-order valence-electron chi connectivity index (χ2n) is 3.80. The van der Waals surface area contributed by atoms with Gasteiger partial charge in [0.1, 0.15) is 5.88 Å². The topological polar surface area (TPSA) is 20.3 Å². The van der Waals surface area contributed by atoms with Crippen LogP contribution in [0, 0.1) is 0 Å². The van der Waals surface area contributed by atoms with Gasteiger partial charge in [-0.1, -0.05) is 6.07 Å². The molecule has 1 fully saturated rings. The van der Waals surface area contributed by atoms with Crippen LogP contribution >= 0.6 is 22.9 Å². The summed E-state index contributed by atoms with van der Waals surface area (Å²) in [5.41, 5.74) is 0. The fraction of sp³-hybridized carbons (Fsp3) is 0.545. The molecule has 2 rings (SSSR count). The fourth-order valence-electron chi connectivity index (χ4n) is 2.11. The van der Waals surface area contributed by atoms with E-state index in [0.29, 0.717) is 6.04 Å². The first kappa shape index (κ1) is 11.0. The molecule has 82 valence electrons. The Hall–Kier alpha value is -0.540. The summed E-state index contributed by atoms with van der Waals surface area (Å²) >= 11 is 7.35. The lowest BCUT2D eigenvalue weighted by atomic mass is 10.1. The van der Waals surface area contributed by atoms with E-state index >= 15 is 0 Å². The second kappa shape index (κ2) is 4.99. The van der Waals surface area contributed by atoms with Crippen molar-refractivity contribution in [1.82, 2.24) is 4.90 Å². The Morgan fingerprint density at radius 2 is 2.53 bits per heavy atom. The standard InChI is InChI=1S/C11H14ClNOS/c12-8-11(14)13-5-1-3-9(13)7-10-4-2-6-15-10/h2,4,6,9H,1,3,5,7-8H2/t9-/m1/s1. The summed E-state index contributed by atoms with van der Waals surface area (Å²) in [4.78, 5) is 14.8. The lowest BCUT2D eigenvalue weighted by molar-refractivity contribution is -0.129. The van der Waals surface area contributed by atoms with Gasteiger partial charge in [-0.25, -0.2) is 0 Å². The van der Waals surface area contributed by atoms with Gasteiger partial charge < -0.3 is 4.90 Å². The average molecular weight is 244 g/mol. The Bertz CT molecular complexity index is 325. The highest BCUT2D eigenvalue weighted by Gasteiger charge is 2.28. The Kier molecular flexibility index (Phi) is 3.65. The Morgan fingerprint density at radius 1 is 1.67 bits per heavy atom. The first-order valence-electron chi connectivity index (χ1n) is 5.19. The van der Waals surface area contributed by atoms with Gasteiger partial charge in [-0.05, 0) is 24.3 Å². The number of halogens is 1. The summed E-state index contributed by atoms with van der Waals surface area (Å²) in [6.07, 6.45) is 3.21. The molecular weight excluding hydrogens is 230 g/mol. The zero-order valence-electron chi connectivity index (χ0n) is 8.49. The molecule has 0 saturated carbocycles. The molecule has 0 unspecified atom stereocenters. The van der Waals surface area contributed by atoms with Gasteiger partial charge in [-0.15, -0.1) is 22.9 Å². The maximum absolute atomic E-state index is 11.6. The lowest BCUT2D eigenvalue weighted by Gasteiger charge is -2.23. The summed E-state index contributed by atoms with van der Waals surface area (Å²) in [5.74, 6) is 0.191. The van der Waals surface area contributed by atoms with Crippen molar-refractivity contribution >= 4 is 28.8 Å². The van der Waals surface area contributed by atoms with E-state index in [1.165, 1.54) is 4.88 Å². The van der Waals surface area contributed by atoms with E-state index in [1.807, 2.05) is 4.90 Å². The number of hydrogen-bond acceptors (Lipinski definition) is 2. The van der Waals surface area contributed by atoms with Crippen LogP contribution in [0.1, 0.15) is 17.7 Å². The smallest absolute Gasteiger partial charge is 0.237 e. The molecular formula is C11H14ClNOS. The zero-order valence-corrected chi connectivity index (χ0v) is 10.1. The number of rotatable bonds is 3. The summed E-state index contributed by atoms with van der Waals surface area (Å²) in [6.45, 7) is 0.877. The predicted octanol–water partition coefficient (Wildman–Crippen LogP) is 2.52. The Labute approximate surface area is 98.8 Å². The third-order valence-electron chi connectivity index (χ3n) is 2.83. The van der Waals surface area contributed by atoms with Crippen LogP contribution in [0.25, 0.3) is 0 Å². The van der Waals surface area contributed by atoms with Crippen molar-refractivity contribution in [1.29, 1.82) is 0 Å². The highest BCUT2D eigenvalue weighted by Crippen LogP contribution is 2.23. The van der Waals surface area contributed by atoms with E-state index in [4.69, 9.17) is 11.6 Å². The van der Waals surface area contributed by atoms with Gasteiger partial charge >= 0.3 is 0 Å². The van der Waals surface area contributed by atoms with Crippen molar-refractivity contribution in [3.8, 4) is 0 Å². The minimum absolute atomic E-state index is 0.0794. The number of hydrogen-bond donors (Lipinski definition) is 0. The molecule has 0 aromatic carbocycles. The molecule has 1 aliphatic rings. The molecule has 0 spiro atoms. The SMILES string of the molecule is O=C(CCl)N1CCC[C@@H]1Cc1cccs1. The van der Waals surface area contributed by atoms with Crippen molar-refractivity contribution in [2.75, 3.05) is 12.4 Å². The maximum Gasteiger partial charge on any atom is 0.237 e. The van der Waals surface area contributed by atoms with Crippen molar-refractivity contribution in [3.63, 3.8) is 0 Å². The largest absolute Gasteiger partial charge is 0.338 e. The van der Waals surface area contributed by atoms with E-state index in [1.54, 1.807) is 11.3 Å². The third kappa shape index (κ3) is 2.52. The second-order valence-corrected chi connectivity index (χ2v) is 5.10. The van der Waals surface area contributed by atoms with Crippen LogP contribution in [0.4, 0.5) is 0 Å². The van der Waals surface area contributed by atoms with Crippen molar-refractivity contribution in [2.24, 2.45) is 0 Å². The number of nitrogens with zero attached hydrogens (tertiary/aromatic N) is 1. The van der Waals surface area contributed by atoms with Gasteiger partial charge in [0.05, 0.1) is 0 Å². The van der Waals surface area contributed by atoms with Crippen LogP contribution in [0.3, 0.4) is 0 Å². The number of thiophene rings is 1. The van der Waals surface area contributed by atoms with Crippen molar-refractivity contribution in [3.05, 3.63) is 22.4 Å². The van der Waals surface area contributed by atoms with E-state index in [0.717, 1.165) is 25.8 Å². The molecule has 15 heavy (non-hydrogen) atoms. The van der Waals surface area contributed by atoms with Crippen molar-refractivity contribution < 1.29 is 4.79 Å². The van der Waals surface area contributed by atoms with Crippen LogP contribution in [0.15, 0.2) is 17.5 Å². The van der Waals surface area contributed by atoms with Gasteiger partial charge in [-0.3, -0.25) is 4.79 Å². The summed E-state index contributed by atoms with van der Waals surface area (Å²) < 4.78 is 0. The van der Waals surface area contributed by atoms with Crippen LogP contribution in [-0.2, 0) is 11.2 Å². The summed E-state index contributed by atoms with van der Waals surface area (Å²) in [7, 11) is 0. The van der Waals surface area contributed by atoms with E-state index in [9.17, 15) is 4.79 Å². The van der Waals surface area contributed by atoms with E-state index < -0.39 is 0 Å². The van der Waals surface area contributed by atoms with Crippen LogP contribution in [0.2, 0.25) is 0 Å². The Morgan fingerprint density at radius 3 is 3.20 bits per heavy atom. The summed E-state index contributed by atoms with van der Waals surface area (Å²) in [5, 5.41) is 2.08. The van der Waals surface area contributed by atoms with Gasteiger partial charge in [-0.2, -0.15) is 0 Å². The lowest BCUT2D eigenvalue weighted by Crippen LogP contribution is -2.37. The first-order valence-corrected chi connectivity index (χ1v) is 6.60. The monoisotopic (exact) mass is 243 g/mol. The molecule has 2 heterocycles. The molecule has 1 saturated heterocycles. The molecule has 1 amide bonds. The van der Waals surface area contributed by atoms with E-state index in [2.05, 4.69) is 17.5 Å². The van der Waals surface area contributed by atoms with Crippen LogP contribution in [-0.4, -0.2) is 29.3 Å². The summed E-state index contributed by atoms with van der Waals surface area (Å²) in [6, 6.07) is 4.56. The number of amides is 1. The minimum Gasteiger partial charge on any atom is -0.338 e. The number of alkyl halides is 1. The molecule has 0 bridgehead atoms. The first-order chi connectivity index (χ1) is 7.31. The quantitative estimate of drug-likeness (QED) is 0.748. The average Bonchev–Trinajstić information content (AvgIpc) is 2.88.